The molecule has 0 saturated carbocycles. The average Bonchev–Trinajstić information content (AvgIpc) is 2.45. The molecule has 0 aromatic rings. The van der Waals surface area contributed by atoms with Gasteiger partial charge in [-0.3, -0.25) is 9.69 Å². The van der Waals surface area contributed by atoms with E-state index < -0.39 is 5.97 Å². The molecule has 0 spiro atoms. The second-order valence-corrected chi connectivity index (χ2v) is 5.48. The van der Waals surface area contributed by atoms with Crippen molar-refractivity contribution in [3.8, 4) is 0 Å². The Labute approximate surface area is 119 Å². The molecule has 0 radical (unpaired) electrons. The second-order valence-electron chi connectivity index (χ2n) is 5.48. The highest BCUT2D eigenvalue weighted by Gasteiger charge is 2.32. The SMILES string of the molecule is C=CCN(CC(=O)O)C(=O)N1CCN2CCCCC2C1. The molecule has 0 aliphatic carbocycles. The third-order valence-electron chi connectivity index (χ3n) is 4.05. The number of rotatable bonds is 4. The first kappa shape index (κ1) is 14.8. The maximum absolute atomic E-state index is 12.4. The monoisotopic (exact) mass is 281 g/mol. The molecule has 2 aliphatic heterocycles. The molecule has 6 nitrogen and oxygen atoms in total. The van der Waals surface area contributed by atoms with Gasteiger partial charge in [-0.2, -0.15) is 0 Å². The first-order valence-corrected chi connectivity index (χ1v) is 7.22. The van der Waals surface area contributed by atoms with Gasteiger partial charge in [0.05, 0.1) is 0 Å². The van der Waals surface area contributed by atoms with Crippen molar-refractivity contribution in [3.63, 3.8) is 0 Å². The highest BCUT2D eigenvalue weighted by atomic mass is 16.4. The molecule has 20 heavy (non-hydrogen) atoms. The highest BCUT2D eigenvalue weighted by Crippen LogP contribution is 2.21. The summed E-state index contributed by atoms with van der Waals surface area (Å²) in [5.74, 6) is -0.989. The van der Waals surface area contributed by atoms with Crippen molar-refractivity contribution < 1.29 is 14.7 Å². The number of carbonyl (C=O) groups excluding carboxylic acids is 1. The molecular formula is C14H23N3O3. The molecule has 1 atom stereocenters. The van der Waals surface area contributed by atoms with Gasteiger partial charge in [0.2, 0.25) is 0 Å². The van der Waals surface area contributed by atoms with Crippen LogP contribution in [0.15, 0.2) is 12.7 Å². The van der Waals surface area contributed by atoms with E-state index >= 15 is 0 Å². The minimum absolute atomic E-state index is 0.183. The van der Waals surface area contributed by atoms with E-state index in [4.69, 9.17) is 5.11 Å². The van der Waals surface area contributed by atoms with Crippen LogP contribution in [0, 0.1) is 0 Å². The van der Waals surface area contributed by atoms with Gasteiger partial charge in [0.15, 0.2) is 0 Å². The van der Waals surface area contributed by atoms with Crippen LogP contribution in [0.4, 0.5) is 4.79 Å². The van der Waals surface area contributed by atoms with Crippen LogP contribution in [0.3, 0.4) is 0 Å². The largest absolute Gasteiger partial charge is 0.480 e. The molecule has 0 aromatic heterocycles. The zero-order valence-corrected chi connectivity index (χ0v) is 11.8. The van der Waals surface area contributed by atoms with Crippen LogP contribution >= 0.6 is 0 Å². The third-order valence-corrected chi connectivity index (χ3v) is 4.05. The van der Waals surface area contributed by atoms with Gasteiger partial charge in [0, 0.05) is 32.2 Å². The van der Waals surface area contributed by atoms with E-state index in [0.717, 1.165) is 19.5 Å². The molecule has 0 aromatic carbocycles. The molecule has 2 aliphatic rings. The minimum Gasteiger partial charge on any atom is -0.480 e. The topological polar surface area (TPSA) is 64.1 Å². The summed E-state index contributed by atoms with van der Waals surface area (Å²) >= 11 is 0. The lowest BCUT2D eigenvalue weighted by atomic mass is 10.00. The number of carboxylic acid groups (broad SMARTS) is 1. The van der Waals surface area contributed by atoms with Gasteiger partial charge >= 0.3 is 12.0 Å². The molecule has 2 amide bonds. The van der Waals surface area contributed by atoms with E-state index in [1.54, 1.807) is 11.0 Å². The fourth-order valence-electron chi connectivity index (χ4n) is 3.06. The normalized spacial score (nSPS) is 23.0. The lowest BCUT2D eigenvalue weighted by molar-refractivity contribution is -0.137. The van der Waals surface area contributed by atoms with Crippen molar-refractivity contribution in [2.45, 2.75) is 25.3 Å². The summed E-state index contributed by atoms with van der Waals surface area (Å²) in [6.07, 6.45) is 5.16. The zero-order chi connectivity index (χ0) is 14.5. The first-order chi connectivity index (χ1) is 9.61. The molecular weight excluding hydrogens is 258 g/mol. The van der Waals surface area contributed by atoms with Crippen LogP contribution < -0.4 is 0 Å². The second kappa shape index (κ2) is 6.74. The number of nitrogens with zero attached hydrogens (tertiary/aromatic N) is 3. The number of amides is 2. The Morgan fingerprint density at radius 3 is 2.80 bits per heavy atom. The van der Waals surface area contributed by atoms with Crippen LogP contribution in [-0.2, 0) is 4.79 Å². The van der Waals surface area contributed by atoms with Gasteiger partial charge in [-0.15, -0.1) is 6.58 Å². The van der Waals surface area contributed by atoms with E-state index in [9.17, 15) is 9.59 Å². The van der Waals surface area contributed by atoms with E-state index in [0.29, 0.717) is 19.1 Å². The van der Waals surface area contributed by atoms with Crippen LogP contribution in [0.2, 0.25) is 0 Å². The standard InChI is InChI=1S/C14H23N3O3/c1-2-6-16(11-13(18)19)14(20)17-9-8-15-7-4-3-5-12(15)10-17/h2,12H,1,3-11H2,(H,18,19). The number of hydrogen-bond donors (Lipinski definition) is 1. The maximum atomic E-state index is 12.4. The summed E-state index contributed by atoms with van der Waals surface area (Å²) < 4.78 is 0. The average molecular weight is 281 g/mol. The summed E-state index contributed by atoms with van der Waals surface area (Å²) in [5.41, 5.74) is 0. The van der Waals surface area contributed by atoms with Crippen molar-refractivity contribution in [3.05, 3.63) is 12.7 Å². The third kappa shape index (κ3) is 3.50. The number of carboxylic acids is 1. The molecule has 112 valence electrons. The van der Waals surface area contributed by atoms with Gasteiger partial charge in [0.25, 0.3) is 0 Å². The molecule has 1 unspecified atom stereocenters. The first-order valence-electron chi connectivity index (χ1n) is 7.22. The molecule has 2 fully saturated rings. The van der Waals surface area contributed by atoms with Crippen molar-refractivity contribution in [1.82, 2.24) is 14.7 Å². The Balaban J connectivity index is 1.96. The summed E-state index contributed by atoms with van der Waals surface area (Å²) in [7, 11) is 0. The Morgan fingerprint density at radius 1 is 1.30 bits per heavy atom. The summed E-state index contributed by atoms with van der Waals surface area (Å²) in [5, 5.41) is 8.89. The molecule has 0 bridgehead atoms. The van der Waals surface area contributed by atoms with Gasteiger partial charge in [-0.05, 0) is 19.4 Å². The number of fused-ring (bicyclic) bond motifs is 1. The van der Waals surface area contributed by atoms with Crippen molar-refractivity contribution in [2.24, 2.45) is 0 Å². The van der Waals surface area contributed by atoms with Crippen molar-refractivity contribution >= 4 is 12.0 Å². The summed E-state index contributed by atoms with van der Waals surface area (Å²) in [6, 6.07) is 0.259. The molecule has 2 heterocycles. The quantitative estimate of drug-likeness (QED) is 0.776. The predicted octanol–water partition coefficient (Wildman–Crippen LogP) is 0.849. The van der Waals surface area contributed by atoms with Crippen LogP contribution in [0.5, 0.6) is 0 Å². The number of urea groups is 1. The minimum atomic E-state index is -0.989. The van der Waals surface area contributed by atoms with E-state index in [-0.39, 0.29) is 19.1 Å². The number of hydrogen-bond acceptors (Lipinski definition) is 3. The fraction of sp³-hybridized carbons (Fsp3) is 0.714. The van der Waals surface area contributed by atoms with Gasteiger partial charge in [-0.25, -0.2) is 4.79 Å². The van der Waals surface area contributed by atoms with Gasteiger partial charge < -0.3 is 14.9 Å². The number of piperazine rings is 1. The lowest BCUT2D eigenvalue weighted by Gasteiger charge is -2.44. The Morgan fingerprint density at radius 2 is 2.10 bits per heavy atom. The van der Waals surface area contributed by atoms with E-state index in [1.807, 2.05) is 0 Å². The Hall–Kier alpha value is -1.56. The van der Waals surface area contributed by atoms with E-state index in [2.05, 4.69) is 11.5 Å². The Kier molecular flexibility index (Phi) is 5.00. The fourth-order valence-corrected chi connectivity index (χ4v) is 3.06. The Bertz CT molecular complexity index is 386. The summed E-state index contributed by atoms with van der Waals surface area (Å²) in [4.78, 5) is 28.8. The molecule has 2 rings (SSSR count). The zero-order valence-electron chi connectivity index (χ0n) is 11.8. The summed E-state index contributed by atoms with van der Waals surface area (Å²) in [6.45, 7) is 7.01. The molecule has 2 saturated heterocycles. The lowest BCUT2D eigenvalue weighted by Crippen LogP contribution is -2.58. The molecule has 1 N–H and O–H groups in total. The van der Waals surface area contributed by atoms with Crippen LogP contribution in [-0.4, -0.2) is 77.1 Å². The highest BCUT2D eigenvalue weighted by molar-refractivity contribution is 5.80. The number of piperidine rings is 1. The van der Waals surface area contributed by atoms with Crippen molar-refractivity contribution in [1.29, 1.82) is 0 Å². The number of carbonyl (C=O) groups is 2. The molecule has 6 heteroatoms. The van der Waals surface area contributed by atoms with Gasteiger partial charge in [-0.1, -0.05) is 12.5 Å². The maximum Gasteiger partial charge on any atom is 0.323 e. The van der Waals surface area contributed by atoms with E-state index in [1.165, 1.54) is 17.7 Å². The smallest absolute Gasteiger partial charge is 0.323 e. The predicted molar refractivity (Wildman–Crippen MR) is 75.6 cm³/mol. The van der Waals surface area contributed by atoms with Crippen LogP contribution in [0.25, 0.3) is 0 Å². The van der Waals surface area contributed by atoms with Crippen molar-refractivity contribution in [2.75, 3.05) is 39.3 Å². The van der Waals surface area contributed by atoms with Gasteiger partial charge in [0.1, 0.15) is 6.54 Å². The number of aliphatic carboxylic acids is 1. The van der Waals surface area contributed by atoms with Crippen LogP contribution in [0.1, 0.15) is 19.3 Å².